The molecule has 0 saturated heterocycles. The topological polar surface area (TPSA) is 58.6 Å². The maximum Gasteiger partial charge on any atom is 0.304 e. The highest BCUT2D eigenvalue weighted by Crippen LogP contribution is 2.24. The molecule has 0 saturated carbocycles. The molecule has 30 heavy (non-hydrogen) atoms. The highest BCUT2D eigenvalue weighted by molar-refractivity contribution is 6.32. The Labute approximate surface area is 190 Å². The number of carboxylic acid groups (broad SMARTS) is 1. The molecule has 2 aromatic rings. The Morgan fingerprint density at radius 3 is 2.53 bits per heavy atom. The third-order valence-electron chi connectivity index (χ3n) is 4.54. The largest absolute Gasteiger partial charge is 0.489 e. The van der Waals surface area contributed by atoms with E-state index in [4.69, 9.17) is 21.4 Å². The van der Waals surface area contributed by atoms with Gasteiger partial charge < -0.3 is 15.2 Å². The summed E-state index contributed by atoms with van der Waals surface area (Å²) in [4.78, 5) is 10.4. The fraction of sp³-hybridized carbons (Fsp3) is 0.375. The van der Waals surface area contributed by atoms with Crippen molar-refractivity contribution in [3.8, 4) is 5.75 Å². The number of carbonyl (C=O) groups is 1. The number of nitrogens with one attached hydrogen (secondary N) is 1. The number of hydrogen-bond acceptors (Lipinski definition) is 3. The van der Waals surface area contributed by atoms with Gasteiger partial charge >= 0.3 is 5.97 Å². The lowest BCUT2D eigenvalue weighted by atomic mass is 10.1. The molecule has 0 fully saturated rings. The minimum absolute atomic E-state index is 0. The molecule has 0 unspecified atom stereocenters. The van der Waals surface area contributed by atoms with Gasteiger partial charge in [0.05, 0.1) is 11.4 Å². The van der Waals surface area contributed by atoms with Gasteiger partial charge in [0.25, 0.3) is 0 Å². The van der Waals surface area contributed by atoms with E-state index in [1.54, 1.807) is 0 Å². The molecule has 0 aromatic heterocycles. The van der Waals surface area contributed by atoms with Crippen LogP contribution in [-0.2, 0) is 17.8 Å². The summed E-state index contributed by atoms with van der Waals surface area (Å²) in [6, 6.07) is 14.2. The number of ether oxygens (including phenoxy) is 1. The van der Waals surface area contributed by atoms with Gasteiger partial charge in [0.15, 0.2) is 0 Å². The number of rotatable bonds is 13. The number of unbranched alkanes of at least 4 members (excludes halogenated alkanes) is 2. The van der Waals surface area contributed by atoms with Crippen LogP contribution >= 0.6 is 24.0 Å². The molecule has 0 radical (unpaired) electrons. The third kappa shape index (κ3) is 10.1. The summed E-state index contributed by atoms with van der Waals surface area (Å²) in [5, 5.41) is 12.3. The van der Waals surface area contributed by atoms with Crippen LogP contribution in [0, 0.1) is 0 Å². The Morgan fingerprint density at radius 2 is 1.87 bits per heavy atom. The second-order valence-corrected chi connectivity index (χ2v) is 7.40. The van der Waals surface area contributed by atoms with Gasteiger partial charge in [0, 0.05) is 13.1 Å². The van der Waals surface area contributed by atoms with Crippen LogP contribution in [0.4, 0.5) is 0 Å². The minimum Gasteiger partial charge on any atom is -0.489 e. The monoisotopic (exact) mass is 451 g/mol. The predicted molar refractivity (Wildman–Crippen MR) is 127 cm³/mol. The summed E-state index contributed by atoms with van der Waals surface area (Å²) in [5.74, 6) is -0.0678. The summed E-state index contributed by atoms with van der Waals surface area (Å²) in [5.41, 5.74) is 3.41. The molecule has 2 rings (SSSR count). The van der Waals surface area contributed by atoms with Crippen LogP contribution in [0.2, 0.25) is 5.02 Å². The van der Waals surface area contributed by atoms with E-state index >= 15 is 0 Å². The molecule has 0 atom stereocenters. The van der Waals surface area contributed by atoms with Crippen molar-refractivity contribution in [3.05, 3.63) is 70.3 Å². The maximum atomic E-state index is 10.4. The van der Waals surface area contributed by atoms with E-state index in [1.807, 2.05) is 30.4 Å². The van der Waals surface area contributed by atoms with Crippen molar-refractivity contribution in [3.63, 3.8) is 0 Å². The highest BCUT2D eigenvalue weighted by Gasteiger charge is 2.02. The molecule has 0 aliphatic heterocycles. The molecule has 0 spiro atoms. The van der Waals surface area contributed by atoms with Gasteiger partial charge in [-0.1, -0.05) is 67.8 Å². The third-order valence-corrected chi connectivity index (χ3v) is 4.87. The van der Waals surface area contributed by atoms with E-state index in [1.165, 1.54) is 24.8 Å². The molecule has 0 bridgehead atoms. The molecule has 6 heteroatoms. The Balaban J connectivity index is 0.00000450. The van der Waals surface area contributed by atoms with Crippen LogP contribution in [0.1, 0.15) is 49.3 Å². The summed E-state index contributed by atoms with van der Waals surface area (Å²) < 4.78 is 5.87. The van der Waals surface area contributed by atoms with E-state index < -0.39 is 5.97 Å². The molecule has 164 valence electrons. The van der Waals surface area contributed by atoms with Gasteiger partial charge in [0.1, 0.15) is 12.4 Å². The van der Waals surface area contributed by atoms with Crippen LogP contribution in [0.5, 0.6) is 5.75 Å². The molecule has 0 aliphatic carbocycles. The lowest BCUT2D eigenvalue weighted by molar-refractivity contribution is -0.136. The fourth-order valence-electron chi connectivity index (χ4n) is 2.85. The summed E-state index contributed by atoms with van der Waals surface area (Å²) in [7, 11) is 0. The zero-order chi connectivity index (χ0) is 20.9. The van der Waals surface area contributed by atoms with Gasteiger partial charge in [-0.05, 0) is 47.7 Å². The van der Waals surface area contributed by atoms with Crippen molar-refractivity contribution in [1.82, 2.24) is 5.32 Å². The zero-order valence-electron chi connectivity index (χ0n) is 17.4. The van der Waals surface area contributed by atoms with Crippen molar-refractivity contribution in [1.29, 1.82) is 0 Å². The van der Waals surface area contributed by atoms with Crippen LogP contribution < -0.4 is 10.1 Å². The average Bonchev–Trinajstić information content (AvgIpc) is 2.71. The Bertz CT molecular complexity index is 792. The molecule has 0 aliphatic rings. The molecule has 0 amide bonds. The summed E-state index contributed by atoms with van der Waals surface area (Å²) in [6.45, 7) is 3.77. The van der Waals surface area contributed by atoms with Gasteiger partial charge in [-0.2, -0.15) is 0 Å². The number of aryl methyl sites for hydroxylation is 1. The molecular formula is C24H31Cl2NO3. The van der Waals surface area contributed by atoms with E-state index in [0.717, 1.165) is 23.3 Å². The quantitative estimate of drug-likeness (QED) is 0.358. The van der Waals surface area contributed by atoms with Crippen molar-refractivity contribution < 1.29 is 14.6 Å². The first-order valence-corrected chi connectivity index (χ1v) is 10.6. The van der Waals surface area contributed by atoms with E-state index in [2.05, 4.69) is 36.5 Å². The number of carboxylic acids is 1. The number of benzene rings is 2. The SMILES string of the molecule is CCCCCc1ccc(COc2ccc(C=CCNCCC(=O)O)c(Cl)c2)cc1.Cl. The molecule has 0 heterocycles. The Kier molecular flexibility index (Phi) is 12.9. The minimum atomic E-state index is -0.803. The van der Waals surface area contributed by atoms with Crippen molar-refractivity contribution in [2.24, 2.45) is 0 Å². The van der Waals surface area contributed by atoms with Crippen LogP contribution in [0.3, 0.4) is 0 Å². The highest BCUT2D eigenvalue weighted by atomic mass is 35.5. The van der Waals surface area contributed by atoms with Gasteiger partial charge in [-0.25, -0.2) is 0 Å². The molecule has 2 aromatic carbocycles. The Hall–Kier alpha value is -2.01. The smallest absolute Gasteiger partial charge is 0.304 e. The van der Waals surface area contributed by atoms with E-state index in [0.29, 0.717) is 24.7 Å². The zero-order valence-corrected chi connectivity index (χ0v) is 19.0. The first-order chi connectivity index (χ1) is 14.1. The molecule has 2 N–H and O–H groups in total. The van der Waals surface area contributed by atoms with Gasteiger partial charge in [-0.3, -0.25) is 4.79 Å². The standard InChI is InChI=1S/C24H30ClNO3.ClH/c1-2-3-4-6-19-8-10-20(11-9-19)18-29-22-13-12-21(23(25)17-22)7-5-15-26-16-14-24(27)28;/h5,7-13,17,26H,2-4,6,14-16,18H2,1H3,(H,27,28);1H. The van der Waals surface area contributed by atoms with E-state index in [9.17, 15) is 4.79 Å². The first kappa shape index (κ1) is 26.0. The predicted octanol–water partition coefficient (Wildman–Crippen LogP) is 6.15. The van der Waals surface area contributed by atoms with Crippen LogP contribution in [0.15, 0.2) is 48.5 Å². The maximum absolute atomic E-state index is 10.4. The second-order valence-electron chi connectivity index (χ2n) is 7.00. The fourth-order valence-corrected chi connectivity index (χ4v) is 3.08. The van der Waals surface area contributed by atoms with Gasteiger partial charge in [-0.15, -0.1) is 12.4 Å². The summed E-state index contributed by atoms with van der Waals surface area (Å²) in [6.07, 6.45) is 8.84. The van der Waals surface area contributed by atoms with Crippen LogP contribution in [-0.4, -0.2) is 24.2 Å². The first-order valence-electron chi connectivity index (χ1n) is 10.2. The van der Waals surface area contributed by atoms with Crippen molar-refractivity contribution in [2.45, 2.75) is 45.6 Å². The lowest BCUT2D eigenvalue weighted by Crippen LogP contribution is -2.17. The lowest BCUT2D eigenvalue weighted by Gasteiger charge is -2.09. The van der Waals surface area contributed by atoms with Crippen molar-refractivity contribution >= 4 is 36.1 Å². The molecular weight excluding hydrogens is 421 g/mol. The molecule has 4 nitrogen and oxygen atoms in total. The van der Waals surface area contributed by atoms with Gasteiger partial charge in [0.2, 0.25) is 0 Å². The Morgan fingerprint density at radius 1 is 1.13 bits per heavy atom. The number of aliphatic carboxylic acids is 1. The summed E-state index contributed by atoms with van der Waals surface area (Å²) >= 11 is 6.34. The van der Waals surface area contributed by atoms with E-state index in [-0.39, 0.29) is 18.8 Å². The number of halogens is 2. The average molecular weight is 452 g/mol. The van der Waals surface area contributed by atoms with Crippen molar-refractivity contribution in [2.75, 3.05) is 13.1 Å². The normalized spacial score (nSPS) is 10.7. The van der Waals surface area contributed by atoms with Crippen LogP contribution in [0.25, 0.3) is 6.08 Å². The number of hydrogen-bond donors (Lipinski definition) is 2. The second kappa shape index (κ2) is 14.9.